The van der Waals surface area contributed by atoms with Crippen LogP contribution in [0.25, 0.3) is 0 Å². The number of nitro groups is 1. The summed E-state index contributed by atoms with van der Waals surface area (Å²) in [5, 5.41) is 22.9. The number of nitrogens with zero attached hydrogens (tertiary/aromatic N) is 1. The highest BCUT2D eigenvalue weighted by Crippen LogP contribution is 2.22. The summed E-state index contributed by atoms with van der Waals surface area (Å²) in [6, 6.07) is 3.93. The zero-order chi connectivity index (χ0) is 15.3. The van der Waals surface area contributed by atoms with Gasteiger partial charge < -0.3 is 10.4 Å². The molecule has 110 valence electrons. The van der Waals surface area contributed by atoms with Crippen LogP contribution >= 0.6 is 15.9 Å². The lowest BCUT2D eigenvalue weighted by molar-refractivity contribution is -0.384. The van der Waals surface area contributed by atoms with Crippen molar-refractivity contribution >= 4 is 27.5 Å². The van der Waals surface area contributed by atoms with Gasteiger partial charge in [0.25, 0.3) is 11.6 Å². The fourth-order valence-electron chi connectivity index (χ4n) is 1.73. The lowest BCUT2D eigenvalue weighted by Gasteiger charge is -2.14. The fourth-order valence-corrected chi connectivity index (χ4v) is 2.28. The molecule has 0 bridgehead atoms. The number of hydrogen-bond acceptors (Lipinski definition) is 4. The van der Waals surface area contributed by atoms with Crippen LogP contribution in [0.1, 0.15) is 30.6 Å². The summed E-state index contributed by atoms with van der Waals surface area (Å²) in [5.41, 5.74) is 0.209. The van der Waals surface area contributed by atoms with E-state index in [-0.39, 0.29) is 18.1 Å². The highest BCUT2D eigenvalue weighted by Gasteiger charge is 2.15. The molecule has 0 saturated carbocycles. The summed E-state index contributed by atoms with van der Waals surface area (Å²) < 4.78 is 0.350. The first-order valence-electron chi connectivity index (χ1n) is 6.21. The zero-order valence-corrected chi connectivity index (χ0v) is 12.9. The van der Waals surface area contributed by atoms with Crippen molar-refractivity contribution in [3.63, 3.8) is 0 Å². The largest absolute Gasteiger partial charge is 0.391 e. The Morgan fingerprint density at radius 2 is 2.15 bits per heavy atom. The summed E-state index contributed by atoms with van der Waals surface area (Å²) in [6.45, 7) is 4.12. The molecule has 0 aliphatic rings. The van der Waals surface area contributed by atoms with E-state index in [0.717, 1.165) is 0 Å². The molecule has 20 heavy (non-hydrogen) atoms. The van der Waals surface area contributed by atoms with Crippen LogP contribution in [0.2, 0.25) is 0 Å². The molecule has 7 heteroatoms. The highest BCUT2D eigenvalue weighted by molar-refractivity contribution is 9.10. The summed E-state index contributed by atoms with van der Waals surface area (Å²) in [6.07, 6.45) is -0.00222. The second-order valence-corrected chi connectivity index (χ2v) is 5.77. The van der Waals surface area contributed by atoms with E-state index in [9.17, 15) is 20.0 Å². The predicted molar refractivity (Wildman–Crippen MR) is 78.6 cm³/mol. The van der Waals surface area contributed by atoms with Gasteiger partial charge >= 0.3 is 0 Å². The number of nitro benzene ring substituents is 1. The molecule has 6 nitrogen and oxygen atoms in total. The maximum Gasteiger partial charge on any atom is 0.270 e. The first kappa shape index (κ1) is 16.6. The van der Waals surface area contributed by atoms with Gasteiger partial charge in [0, 0.05) is 23.2 Å². The fraction of sp³-hybridized carbons (Fsp3) is 0.462. The van der Waals surface area contributed by atoms with Gasteiger partial charge in [-0.25, -0.2) is 0 Å². The molecule has 2 N–H and O–H groups in total. The Labute approximate surface area is 125 Å². The van der Waals surface area contributed by atoms with Crippen molar-refractivity contribution in [3.05, 3.63) is 38.3 Å². The standard InChI is InChI=1S/C13H17BrN2O4/c1-8(2)5-10(17)7-15-13(18)11-4-3-9(16(19)20)6-12(11)14/h3-4,6,8,10,17H,5,7H2,1-2H3,(H,15,18). The minimum Gasteiger partial charge on any atom is -0.391 e. The molecule has 0 aliphatic heterocycles. The van der Waals surface area contributed by atoms with E-state index in [0.29, 0.717) is 22.4 Å². The number of amides is 1. The molecule has 0 radical (unpaired) electrons. The molecule has 1 amide bonds. The second-order valence-electron chi connectivity index (χ2n) is 4.91. The van der Waals surface area contributed by atoms with Crippen LogP contribution in [0, 0.1) is 16.0 Å². The van der Waals surface area contributed by atoms with Crippen molar-refractivity contribution < 1.29 is 14.8 Å². The Bertz CT molecular complexity index is 505. The van der Waals surface area contributed by atoms with E-state index in [1.807, 2.05) is 13.8 Å². The molecule has 0 heterocycles. The molecule has 0 saturated heterocycles. The van der Waals surface area contributed by atoms with Crippen LogP contribution < -0.4 is 5.32 Å². The van der Waals surface area contributed by atoms with Crippen molar-refractivity contribution in [2.75, 3.05) is 6.54 Å². The molecule has 1 rings (SSSR count). The number of aliphatic hydroxyl groups is 1. The van der Waals surface area contributed by atoms with Crippen LogP contribution in [0.5, 0.6) is 0 Å². The lowest BCUT2D eigenvalue weighted by atomic mass is 10.1. The molecule has 0 aromatic heterocycles. The minimum atomic E-state index is -0.601. The molecule has 0 fully saturated rings. The average Bonchev–Trinajstić information content (AvgIpc) is 2.34. The Kier molecular flexibility index (Phi) is 6.09. The SMILES string of the molecule is CC(C)CC(O)CNC(=O)c1ccc([N+](=O)[O-])cc1Br. The van der Waals surface area contributed by atoms with E-state index in [4.69, 9.17) is 0 Å². The molecule has 1 atom stereocenters. The Hall–Kier alpha value is -1.47. The number of carbonyl (C=O) groups is 1. The normalized spacial score (nSPS) is 12.2. The van der Waals surface area contributed by atoms with Gasteiger partial charge in [-0.05, 0) is 34.3 Å². The van der Waals surface area contributed by atoms with Gasteiger partial charge in [-0.1, -0.05) is 13.8 Å². The van der Waals surface area contributed by atoms with Crippen LogP contribution in [0.4, 0.5) is 5.69 Å². The van der Waals surface area contributed by atoms with Crippen molar-refractivity contribution in [3.8, 4) is 0 Å². The number of carbonyl (C=O) groups excluding carboxylic acids is 1. The first-order chi connectivity index (χ1) is 9.31. The molecule has 1 aromatic rings. The third-order valence-electron chi connectivity index (χ3n) is 2.65. The summed E-state index contributed by atoms with van der Waals surface area (Å²) in [4.78, 5) is 22.0. The van der Waals surface area contributed by atoms with Crippen molar-refractivity contribution in [1.29, 1.82) is 0 Å². The third-order valence-corrected chi connectivity index (χ3v) is 3.31. The van der Waals surface area contributed by atoms with Gasteiger partial charge in [0.1, 0.15) is 0 Å². The molecular weight excluding hydrogens is 328 g/mol. The van der Waals surface area contributed by atoms with E-state index in [1.54, 1.807) is 0 Å². The Morgan fingerprint density at radius 1 is 1.50 bits per heavy atom. The molecular formula is C13H17BrN2O4. The van der Waals surface area contributed by atoms with Gasteiger partial charge in [-0.3, -0.25) is 14.9 Å². The van der Waals surface area contributed by atoms with E-state index in [2.05, 4.69) is 21.2 Å². The summed E-state index contributed by atoms with van der Waals surface area (Å²) in [5.74, 6) is -0.0393. The quantitative estimate of drug-likeness (QED) is 0.612. The number of benzene rings is 1. The smallest absolute Gasteiger partial charge is 0.270 e. The number of non-ortho nitro benzene ring substituents is 1. The van der Waals surface area contributed by atoms with Crippen LogP contribution in [-0.2, 0) is 0 Å². The molecule has 0 spiro atoms. The average molecular weight is 345 g/mol. The molecule has 0 aliphatic carbocycles. The van der Waals surface area contributed by atoms with Crippen molar-refractivity contribution in [1.82, 2.24) is 5.32 Å². The first-order valence-corrected chi connectivity index (χ1v) is 7.00. The highest BCUT2D eigenvalue weighted by atomic mass is 79.9. The summed E-state index contributed by atoms with van der Waals surface area (Å²) in [7, 11) is 0. The van der Waals surface area contributed by atoms with E-state index < -0.39 is 11.0 Å². The van der Waals surface area contributed by atoms with Gasteiger partial charge in [0.15, 0.2) is 0 Å². The van der Waals surface area contributed by atoms with E-state index >= 15 is 0 Å². The van der Waals surface area contributed by atoms with Gasteiger partial charge in [-0.15, -0.1) is 0 Å². The number of aliphatic hydroxyl groups excluding tert-OH is 1. The Morgan fingerprint density at radius 3 is 2.65 bits per heavy atom. The predicted octanol–water partition coefficient (Wildman–Crippen LogP) is 2.49. The number of nitrogens with one attached hydrogen (secondary N) is 1. The van der Waals surface area contributed by atoms with Gasteiger partial charge in [-0.2, -0.15) is 0 Å². The number of rotatable bonds is 6. The Balaban J connectivity index is 2.66. The van der Waals surface area contributed by atoms with Gasteiger partial charge in [0.2, 0.25) is 0 Å². The minimum absolute atomic E-state index is 0.0896. The van der Waals surface area contributed by atoms with Crippen LogP contribution in [0.15, 0.2) is 22.7 Å². The maximum absolute atomic E-state index is 11.9. The molecule has 1 aromatic carbocycles. The molecule has 1 unspecified atom stereocenters. The maximum atomic E-state index is 11.9. The topological polar surface area (TPSA) is 92.5 Å². The van der Waals surface area contributed by atoms with Gasteiger partial charge in [0.05, 0.1) is 16.6 Å². The third kappa shape index (κ3) is 4.90. The second kappa shape index (κ2) is 7.35. The van der Waals surface area contributed by atoms with Crippen molar-refractivity contribution in [2.45, 2.75) is 26.4 Å². The van der Waals surface area contributed by atoms with Crippen molar-refractivity contribution in [2.24, 2.45) is 5.92 Å². The summed E-state index contributed by atoms with van der Waals surface area (Å²) >= 11 is 3.14. The monoisotopic (exact) mass is 344 g/mol. The van der Waals surface area contributed by atoms with Crippen LogP contribution in [-0.4, -0.2) is 28.6 Å². The van der Waals surface area contributed by atoms with E-state index in [1.165, 1.54) is 18.2 Å². The lowest BCUT2D eigenvalue weighted by Crippen LogP contribution is -2.32. The zero-order valence-electron chi connectivity index (χ0n) is 11.3. The number of hydrogen-bond donors (Lipinski definition) is 2. The number of halogens is 1. The van der Waals surface area contributed by atoms with Crippen LogP contribution in [0.3, 0.4) is 0 Å².